The average Bonchev–Trinajstić information content (AvgIpc) is 2.87. The smallest absolute Gasteiger partial charge is 0.164 e. The van der Waals surface area contributed by atoms with E-state index in [-0.39, 0.29) is 23.5 Å². The largest absolute Gasteiger partial charge is 0.208 e. The number of benzene rings is 4. The molecule has 0 saturated carbocycles. The van der Waals surface area contributed by atoms with Crippen LogP contribution in [0.25, 0.3) is 44.9 Å². The van der Waals surface area contributed by atoms with Gasteiger partial charge in [0.05, 0.1) is 6.85 Å². The third-order valence-electron chi connectivity index (χ3n) is 4.50. The van der Waals surface area contributed by atoms with Crippen molar-refractivity contribution in [3.05, 3.63) is 101 Å². The second kappa shape index (κ2) is 7.57. The third kappa shape index (κ3) is 3.43. The molecule has 29 heavy (non-hydrogen) atoms. The Labute approximate surface area is 184 Å². The van der Waals surface area contributed by atoms with Gasteiger partial charge in [0.25, 0.3) is 0 Å². The lowest BCUT2D eigenvalue weighted by Gasteiger charge is -2.11. The molecule has 1 aromatic heterocycles. The Hall–Kier alpha value is -3.37. The Bertz CT molecular complexity index is 1550. The van der Waals surface area contributed by atoms with E-state index in [0.717, 1.165) is 26.4 Å². The molecule has 0 fully saturated rings. The van der Waals surface area contributed by atoms with Crippen LogP contribution in [0.3, 0.4) is 0 Å². The molecule has 0 aliphatic carbocycles. The molecule has 0 radical (unpaired) electrons. The molecule has 0 amide bonds. The topological polar surface area (TPSA) is 38.7 Å². The molecule has 1 heterocycles. The van der Waals surface area contributed by atoms with Gasteiger partial charge in [-0.1, -0.05) is 101 Å². The SMILES string of the molecule is [2H]c1c([2H])c([2H])c(-c2nc(-c3ccccc3)nc(-c3ccc(Br)c4ccccc34)n2)c([2H])c1[2H]. The van der Waals surface area contributed by atoms with Crippen molar-refractivity contribution in [1.29, 1.82) is 0 Å². The van der Waals surface area contributed by atoms with Crippen LogP contribution in [0.4, 0.5) is 0 Å². The number of hydrogen-bond donors (Lipinski definition) is 0. The Morgan fingerprint density at radius 2 is 1.21 bits per heavy atom. The molecule has 3 nitrogen and oxygen atoms in total. The quantitative estimate of drug-likeness (QED) is 0.308. The van der Waals surface area contributed by atoms with Crippen molar-refractivity contribution >= 4 is 26.7 Å². The van der Waals surface area contributed by atoms with Gasteiger partial charge in [-0.3, -0.25) is 0 Å². The predicted molar refractivity (Wildman–Crippen MR) is 121 cm³/mol. The molecule has 0 atom stereocenters. The molecule has 4 aromatic carbocycles. The Kier molecular flexibility index (Phi) is 3.38. The van der Waals surface area contributed by atoms with Crippen molar-refractivity contribution in [2.75, 3.05) is 0 Å². The fourth-order valence-corrected chi connectivity index (χ4v) is 3.62. The summed E-state index contributed by atoms with van der Waals surface area (Å²) in [6.45, 7) is 0. The number of aromatic nitrogens is 3. The summed E-state index contributed by atoms with van der Waals surface area (Å²) < 4.78 is 41.8. The molecule has 138 valence electrons. The van der Waals surface area contributed by atoms with E-state index in [1.807, 2.05) is 66.7 Å². The van der Waals surface area contributed by atoms with Crippen LogP contribution in [-0.2, 0) is 0 Å². The van der Waals surface area contributed by atoms with Crippen LogP contribution in [0.1, 0.15) is 6.85 Å². The average molecular weight is 443 g/mol. The molecule has 0 unspecified atom stereocenters. The van der Waals surface area contributed by atoms with E-state index in [9.17, 15) is 0 Å². The van der Waals surface area contributed by atoms with Crippen LogP contribution in [0.5, 0.6) is 0 Å². The minimum Gasteiger partial charge on any atom is -0.208 e. The van der Waals surface area contributed by atoms with Gasteiger partial charge in [0.15, 0.2) is 17.5 Å². The molecule has 0 N–H and O–H groups in total. The van der Waals surface area contributed by atoms with Gasteiger partial charge in [0, 0.05) is 21.2 Å². The minimum atomic E-state index is -0.463. The van der Waals surface area contributed by atoms with Crippen molar-refractivity contribution in [1.82, 2.24) is 15.0 Å². The lowest BCUT2D eigenvalue weighted by atomic mass is 10.0. The highest BCUT2D eigenvalue weighted by Gasteiger charge is 2.14. The van der Waals surface area contributed by atoms with E-state index in [0.29, 0.717) is 11.6 Å². The zero-order chi connectivity index (χ0) is 24.0. The molecule has 5 aromatic rings. The summed E-state index contributed by atoms with van der Waals surface area (Å²) in [4.78, 5) is 13.8. The second-order valence-corrected chi connectivity index (χ2v) is 7.17. The minimum absolute atomic E-state index is 0.0212. The van der Waals surface area contributed by atoms with Gasteiger partial charge in [-0.2, -0.15) is 0 Å². The summed E-state index contributed by atoms with van der Waals surface area (Å²) in [6, 6.07) is 18.9. The van der Waals surface area contributed by atoms with Gasteiger partial charge >= 0.3 is 0 Å². The first kappa shape index (κ1) is 13.0. The summed E-state index contributed by atoms with van der Waals surface area (Å²) >= 11 is 3.59. The van der Waals surface area contributed by atoms with Gasteiger partial charge in [0.1, 0.15) is 0 Å². The first-order chi connectivity index (χ1) is 16.4. The van der Waals surface area contributed by atoms with E-state index in [2.05, 4.69) is 25.9 Å². The standard InChI is InChI=1S/C25H16BrN3/c26-22-16-15-21(19-13-7-8-14-20(19)22)25-28-23(17-9-3-1-4-10-17)27-24(29-25)18-11-5-2-6-12-18/h1-16H/i1D,3D,4D,9D,10D. The van der Waals surface area contributed by atoms with Crippen LogP contribution in [0.2, 0.25) is 0 Å². The summed E-state index contributed by atoms with van der Waals surface area (Å²) in [6.07, 6.45) is 0. The highest BCUT2D eigenvalue weighted by molar-refractivity contribution is 9.10. The van der Waals surface area contributed by atoms with Crippen molar-refractivity contribution in [3.63, 3.8) is 0 Å². The van der Waals surface area contributed by atoms with Crippen molar-refractivity contribution < 1.29 is 6.85 Å². The molecule has 4 heteroatoms. The number of hydrogen-bond acceptors (Lipinski definition) is 3. The molecule has 5 rings (SSSR count). The monoisotopic (exact) mass is 442 g/mol. The summed E-state index contributed by atoms with van der Waals surface area (Å²) in [5.74, 6) is 0.714. The molecule has 0 saturated heterocycles. The highest BCUT2D eigenvalue weighted by atomic mass is 79.9. The second-order valence-electron chi connectivity index (χ2n) is 6.31. The van der Waals surface area contributed by atoms with Gasteiger partial charge in [-0.05, 0) is 22.9 Å². The van der Waals surface area contributed by atoms with E-state index in [4.69, 9.17) is 11.8 Å². The Morgan fingerprint density at radius 3 is 1.97 bits per heavy atom. The number of rotatable bonds is 3. The lowest BCUT2D eigenvalue weighted by Crippen LogP contribution is -2.00. The van der Waals surface area contributed by atoms with E-state index in [1.165, 1.54) is 0 Å². The molecule has 0 aliphatic heterocycles. The summed E-state index contributed by atoms with van der Waals surface area (Å²) in [5, 5.41) is 1.89. The molecule has 0 spiro atoms. The highest BCUT2D eigenvalue weighted by Crippen LogP contribution is 2.33. The number of halogens is 1. The van der Waals surface area contributed by atoms with Crippen LogP contribution in [0.15, 0.2) is 101 Å². The van der Waals surface area contributed by atoms with Crippen LogP contribution in [-0.4, -0.2) is 15.0 Å². The van der Waals surface area contributed by atoms with Gasteiger partial charge < -0.3 is 0 Å². The maximum Gasteiger partial charge on any atom is 0.164 e. The fourth-order valence-electron chi connectivity index (χ4n) is 3.14. The number of fused-ring (bicyclic) bond motifs is 1. The van der Waals surface area contributed by atoms with E-state index >= 15 is 0 Å². The maximum absolute atomic E-state index is 8.40. The lowest BCUT2D eigenvalue weighted by molar-refractivity contribution is 1.08. The Morgan fingerprint density at radius 1 is 0.586 bits per heavy atom. The van der Waals surface area contributed by atoms with Crippen molar-refractivity contribution in [2.45, 2.75) is 0 Å². The summed E-state index contributed by atoms with van der Waals surface area (Å²) in [7, 11) is 0. The maximum atomic E-state index is 8.40. The zero-order valence-corrected chi connectivity index (χ0v) is 16.7. The van der Waals surface area contributed by atoms with Gasteiger partial charge in [-0.15, -0.1) is 0 Å². The first-order valence-corrected chi connectivity index (χ1v) is 9.72. The Balaban J connectivity index is 1.85. The fraction of sp³-hybridized carbons (Fsp3) is 0. The van der Waals surface area contributed by atoms with Gasteiger partial charge in [0.2, 0.25) is 0 Å². The van der Waals surface area contributed by atoms with Crippen molar-refractivity contribution in [3.8, 4) is 34.2 Å². The van der Waals surface area contributed by atoms with Gasteiger partial charge in [-0.25, -0.2) is 15.0 Å². The molecular weight excluding hydrogens is 422 g/mol. The molecule has 0 aliphatic rings. The van der Waals surface area contributed by atoms with E-state index in [1.54, 1.807) is 0 Å². The van der Waals surface area contributed by atoms with Crippen LogP contribution < -0.4 is 0 Å². The normalized spacial score (nSPS) is 13.3. The zero-order valence-electron chi connectivity index (χ0n) is 20.1. The molecule has 0 bridgehead atoms. The van der Waals surface area contributed by atoms with Crippen LogP contribution in [0, 0.1) is 0 Å². The predicted octanol–water partition coefficient (Wildman–Crippen LogP) is 6.79. The summed E-state index contributed by atoms with van der Waals surface area (Å²) in [5.41, 5.74) is 1.40. The van der Waals surface area contributed by atoms with E-state index < -0.39 is 18.1 Å². The third-order valence-corrected chi connectivity index (χ3v) is 5.19. The number of nitrogens with zero attached hydrogens (tertiary/aromatic N) is 3. The first-order valence-electron chi connectivity index (χ1n) is 11.4. The van der Waals surface area contributed by atoms with Crippen LogP contribution >= 0.6 is 15.9 Å². The van der Waals surface area contributed by atoms with Crippen molar-refractivity contribution in [2.24, 2.45) is 0 Å². The molecular formula is C25H16BrN3.